The summed E-state index contributed by atoms with van der Waals surface area (Å²) < 4.78 is 2.74. The summed E-state index contributed by atoms with van der Waals surface area (Å²) in [6, 6.07) is 9.95. The van der Waals surface area contributed by atoms with Gasteiger partial charge in [-0.05, 0) is 35.0 Å². The van der Waals surface area contributed by atoms with Crippen molar-refractivity contribution in [1.82, 2.24) is 14.8 Å². The highest BCUT2D eigenvalue weighted by atomic mass is 79.9. The summed E-state index contributed by atoms with van der Waals surface area (Å²) in [4.78, 5) is 16.7. The number of thiazole rings is 1. The lowest BCUT2D eigenvalue weighted by Gasteiger charge is -2.09. The third-order valence-corrected chi connectivity index (χ3v) is 5.21. The summed E-state index contributed by atoms with van der Waals surface area (Å²) in [5.74, 6) is -0.613. The Hall–Kier alpha value is -2.04. The van der Waals surface area contributed by atoms with Crippen LogP contribution >= 0.6 is 27.3 Å². The van der Waals surface area contributed by atoms with Gasteiger partial charge >= 0.3 is 0 Å². The molecule has 7 heteroatoms. The standard InChI is InChI=1S/C15H11BrN4OS/c1-2-20-15(21)13(16)10(8-18-20)9(7-17)14-19-11-5-3-4-6-12(11)22-14/h3-6,8-9H,2H2,1H3. The van der Waals surface area contributed by atoms with Gasteiger partial charge in [0.05, 0.1) is 27.0 Å². The average molecular weight is 375 g/mol. The lowest BCUT2D eigenvalue weighted by Crippen LogP contribution is -2.24. The van der Waals surface area contributed by atoms with Crippen LogP contribution in [-0.4, -0.2) is 14.8 Å². The zero-order chi connectivity index (χ0) is 15.7. The van der Waals surface area contributed by atoms with E-state index in [0.29, 0.717) is 21.6 Å². The SMILES string of the molecule is CCn1ncc(C(C#N)c2nc3ccccc3s2)c(Br)c1=O. The second-order valence-corrected chi connectivity index (χ2v) is 6.47. The molecule has 0 amide bonds. The van der Waals surface area contributed by atoms with Gasteiger partial charge in [0, 0.05) is 12.1 Å². The van der Waals surface area contributed by atoms with Crippen LogP contribution < -0.4 is 5.56 Å². The van der Waals surface area contributed by atoms with Crippen LogP contribution in [0, 0.1) is 11.3 Å². The molecule has 0 fully saturated rings. The number of halogens is 1. The molecule has 3 rings (SSSR count). The van der Waals surface area contributed by atoms with Crippen LogP contribution in [0.25, 0.3) is 10.2 Å². The summed E-state index contributed by atoms with van der Waals surface area (Å²) in [5.41, 5.74) is 1.17. The number of hydrogen-bond acceptors (Lipinski definition) is 5. The second-order valence-electron chi connectivity index (χ2n) is 4.62. The summed E-state index contributed by atoms with van der Waals surface area (Å²) in [6.07, 6.45) is 1.56. The quantitative estimate of drug-likeness (QED) is 0.704. The molecule has 1 unspecified atom stereocenters. The van der Waals surface area contributed by atoms with Gasteiger partial charge in [-0.2, -0.15) is 10.4 Å². The van der Waals surface area contributed by atoms with Crippen LogP contribution in [0.4, 0.5) is 0 Å². The lowest BCUT2D eigenvalue weighted by molar-refractivity contribution is 0.606. The smallest absolute Gasteiger partial charge is 0.266 e. The molecule has 0 saturated heterocycles. The highest BCUT2D eigenvalue weighted by molar-refractivity contribution is 9.10. The fraction of sp³-hybridized carbons (Fsp3) is 0.200. The molecule has 0 spiro atoms. The molecular weight excluding hydrogens is 364 g/mol. The van der Waals surface area contributed by atoms with E-state index < -0.39 is 5.92 Å². The summed E-state index contributed by atoms with van der Waals surface area (Å²) in [5, 5.41) is 14.3. The first-order chi connectivity index (χ1) is 10.7. The minimum absolute atomic E-state index is 0.235. The Bertz CT molecular complexity index is 908. The van der Waals surface area contributed by atoms with E-state index in [1.54, 1.807) is 6.20 Å². The molecule has 0 aliphatic rings. The molecule has 0 radical (unpaired) electrons. The van der Waals surface area contributed by atoms with Gasteiger partial charge < -0.3 is 0 Å². The lowest BCUT2D eigenvalue weighted by atomic mass is 10.0. The average Bonchev–Trinajstić information content (AvgIpc) is 2.96. The third-order valence-electron chi connectivity index (χ3n) is 3.31. The van der Waals surface area contributed by atoms with E-state index in [4.69, 9.17) is 0 Å². The van der Waals surface area contributed by atoms with Crippen molar-refractivity contribution in [3.05, 3.63) is 55.9 Å². The third kappa shape index (κ3) is 2.45. The highest BCUT2D eigenvalue weighted by Gasteiger charge is 2.23. The van der Waals surface area contributed by atoms with E-state index in [2.05, 4.69) is 32.1 Å². The summed E-state index contributed by atoms with van der Waals surface area (Å²) in [6.45, 7) is 2.33. The van der Waals surface area contributed by atoms with Crippen molar-refractivity contribution in [2.75, 3.05) is 0 Å². The first-order valence-corrected chi connectivity index (χ1v) is 8.27. The minimum atomic E-state index is -0.613. The molecule has 0 aliphatic heterocycles. The van der Waals surface area contributed by atoms with Crippen molar-refractivity contribution >= 4 is 37.5 Å². The maximum atomic E-state index is 12.2. The number of aryl methyl sites for hydroxylation is 1. The first-order valence-electron chi connectivity index (χ1n) is 6.66. The molecule has 0 saturated carbocycles. The Kier molecular flexibility index (Phi) is 4.05. The van der Waals surface area contributed by atoms with E-state index in [1.807, 2.05) is 31.2 Å². The molecule has 1 atom stereocenters. The van der Waals surface area contributed by atoms with Crippen LogP contribution in [0.1, 0.15) is 23.4 Å². The van der Waals surface area contributed by atoms with Gasteiger partial charge in [-0.3, -0.25) is 4.79 Å². The first kappa shape index (κ1) is 14.9. The Balaban J connectivity index is 2.14. The van der Waals surface area contributed by atoms with Crippen molar-refractivity contribution in [2.45, 2.75) is 19.4 Å². The molecule has 0 bridgehead atoms. The number of rotatable bonds is 3. The van der Waals surface area contributed by atoms with E-state index in [-0.39, 0.29) is 5.56 Å². The molecule has 0 aliphatic carbocycles. The monoisotopic (exact) mass is 374 g/mol. The number of nitrogens with zero attached hydrogens (tertiary/aromatic N) is 4. The van der Waals surface area contributed by atoms with Crippen molar-refractivity contribution < 1.29 is 0 Å². The number of hydrogen-bond donors (Lipinski definition) is 0. The molecular formula is C15H11BrN4OS. The number of nitriles is 1. The van der Waals surface area contributed by atoms with Crippen molar-refractivity contribution in [2.24, 2.45) is 0 Å². The molecule has 2 aromatic heterocycles. The molecule has 110 valence electrons. The van der Waals surface area contributed by atoms with Gasteiger partial charge in [0.25, 0.3) is 5.56 Å². The fourth-order valence-corrected chi connectivity index (χ4v) is 3.74. The van der Waals surface area contributed by atoms with Crippen molar-refractivity contribution in [3.63, 3.8) is 0 Å². The van der Waals surface area contributed by atoms with Gasteiger partial charge in [0.15, 0.2) is 0 Å². The largest absolute Gasteiger partial charge is 0.281 e. The zero-order valence-corrected chi connectivity index (χ0v) is 14.1. The van der Waals surface area contributed by atoms with Gasteiger partial charge in [-0.15, -0.1) is 11.3 Å². The van der Waals surface area contributed by atoms with Gasteiger partial charge in [0.1, 0.15) is 10.9 Å². The second kappa shape index (κ2) is 5.99. The molecule has 2 heterocycles. The van der Waals surface area contributed by atoms with Gasteiger partial charge in [-0.25, -0.2) is 9.67 Å². The van der Waals surface area contributed by atoms with Crippen LogP contribution in [0.15, 0.2) is 39.7 Å². The Labute approximate surface area is 139 Å². The number of aromatic nitrogens is 3. The van der Waals surface area contributed by atoms with Crippen LogP contribution in [0.2, 0.25) is 0 Å². The predicted octanol–water partition coefficient (Wildman–Crippen LogP) is 3.29. The van der Waals surface area contributed by atoms with Crippen molar-refractivity contribution in [1.29, 1.82) is 5.26 Å². The number of fused-ring (bicyclic) bond motifs is 1. The zero-order valence-electron chi connectivity index (χ0n) is 11.7. The van der Waals surface area contributed by atoms with Crippen LogP contribution in [0.5, 0.6) is 0 Å². The highest BCUT2D eigenvalue weighted by Crippen LogP contribution is 2.33. The van der Waals surface area contributed by atoms with Gasteiger partial charge in [-0.1, -0.05) is 12.1 Å². The van der Waals surface area contributed by atoms with Gasteiger partial charge in [0.2, 0.25) is 0 Å². The van der Waals surface area contributed by atoms with E-state index in [0.717, 1.165) is 10.2 Å². The Morgan fingerprint density at radius 3 is 2.91 bits per heavy atom. The summed E-state index contributed by atoms with van der Waals surface area (Å²) >= 11 is 4.77. The summed E-state index contributed by atoms with van der Waals surface area (Å²) in [7, 11) is 0. The fourth-order valence-electron chi connectivity index (χ4n) is 2.18. The molecule has 0 N–H and O–H groups in total. The normalized spacial score (nSPS) is 12.2. The topological polar surface area (TPSA) is 71.6 Å². The Morgan fingerprint density at radius 1 is 1.45 bits per heavy atom. The van der Waals surface area contributed by atoms with E-state index in [1.165, 1.54) is 16.0 Å². The molecule has 22 heavy (non-hydrogen) atoms. The van der Waals surface area contributed by atoms with Crippen LogP contribution in [-0.2, 0) is 6.54 Å². The minimum Gasteiger partial charge on any atom is -0.266 e. The van der Waals surface area contributed by atoms with Crippen LogP contribution in [0.3, 0.4) is 0 Å². The molecule has 5 nitrogen and oxygen atoms in total. The van der Waals surface area contributed by atoms with E-state index >= 15 is 0 Å². The number of benzene rings is 1. The predicted molar refractivity (Wildman–Crippen MR) is 88.9 cm³/mol. The number of para-hydroxylation sites is 1. The molecule has 3 aromatic rings. The Morgan fingerprint density at radius 2 is 2.23 bits per heavy atom. The molecule has 1 aromatic carbocycles. The maximum absolute atomic E-state index is 12.2. The van der Waals surface area contributed by atoms with Crippen molar-refractivity contribution in [3.8, 4) is 6.07 Å². The van der Waals surface area contributed by atoms with E-state index in [9.17, 15) is 10.1 Å². The maximum Gasteiger partial charge on any atom is 0.281 e.